The topological polar surface area (TPSA) is 92.8 Å². The molecule has 30 heavy (non-hydrogen) atoms. The first-order valence-corrected chi connectivity index (χ1v) is 11.4. The molecule has 1 saturated heterocycles. The number of esters is 1. The van der Waals surface area contributed by atoms with Crippen LogP contribution in [-0.2, 0) is 14.8 Å². The average Bonchev–Trinajstić information content (AvgIpc) is 2.73. The minimum atomic E-state index is -3.88. The molecular formula is C20H20BrFN2O5S. The van der Waals surface area contributed by atoms with Gasteiger partial charge >= 0.3 is 5.97 Å². The number of nitrogens with one attached hydrogen (secondary N) is 1. The molecule has 1 N–H and O–H groups in total. The number of rotatable bonds is 5. The number of carbonyl (C=O) groups excluding carboxylic acids is 2. The molecule has 0 radical (unpaired) electrons. The van der Waals surface area contributed by atoms with Crippen LogP contribution in [0.15, 0.2) is 51.8 Å². The molecule has 0 bridgehead atoms. The van der Waals surface area contributed by atoms with E-state index in [0.29, 0.717) is 30.4 Å². The Morgan fingerprint density at radius 2 is 1.80 bits per heavy atom. The summed E-state index contributed by atoms with van der Waals surface area (Å²) >= 11 is 3.20. The van der Waals surface area contributed by atoms with Gasteiger partial charge in [-0.1, -0.05) is 12.1 Å². The fourth-order valence-electron chi connectivity index (χ4n) is 3.23. The number of ether oxygens (including phenoxy) is 1. The standard InChI is InChI=1S/C20H20BrFN2O5S/c1-29-20(26)16-12-14(6-7-17(16)21)30(27,28)23-13-8-10-24(11-9-13)19(25)15-4-2-3-5-18(15)22/h2-7,12-13,23H,8-11H2,1H3. The third kappa shape index (κ3) is 4.88. The van der Waals surface area contributed by atoms with Gasteiger partial charge in [0.1, 0.15) is 5.82 Å². The summed E-state index contributed by atoms with van der Waals surface area (Å²) < 4.78 is 47.1. The normalized spacial score (nSPS) is 15.1. The number of methoxy groups -OCH3 is 1. The zero-order valence-corrected chi connectivity index (χ0v) is 18.5. The summed E-state index contributed by atoms with van der Waals surface area (Å²) in [5, 5.41) is 0. The number of amides is 1. The van der Waals surface area contributed by atoms with Crippen molar-refractivity contribution in [3.63, 3.8) is 0 Å². The monoisotopic (exact) mass is 498 g/mol. The van der Waals surface area contributed by atoms with Crippen molar-refractivity contribution in [2.45, 2.75) is 23.8 Å². The zero-order valence-electron chi connectivity index (χ0n) is 16.1. The number of halogens is 2. The molecule has 1 aliphatic rings. The molecule has 1 amide bonds. The first-order chi connectivity index (χ1) is 14.2. The maximum Gasteiger partial charge on any atom is 0.339 e. The Bertz CT molecular complexity index is 1070. The Kier molecular flexibility index (Phi) is 6.89. The van der Waals surface area contributed by atoms with E-state index < -0.39 is 27.7 Å². The van der Waals surface area contributed by atoms with E-state index in [-0.39, 0.29) is 22.1 Å². The van der Waals surface area contributed by atoms with E-state index in [4.69, 9.17) is 0 Å². The minimum Gasteiger partial charge on any atom is -0.465 e. The number of piperidine rings is 1. The highest BCUT2D eigenvalue weighted by atomic mass is 79.9. The third-order valence-corrected chi connectivity index (χ3v) is 7.07. The lowest BCUT2D eigenvalue weighted by Gasteiger charge is -2.32. The highest BCUT2D eigenvalue weighted by Crippen LogP contribution is 2.23. The molecule has 0 spiro atoms. The molecule has 7 nitrogen and oxygen atoms in total. The van der Waals surface area contributed by atoms with Gasteiger partial charge in [0.25, 0.3) is 5.91 Å². The lowest BCUT2D eigenvalue weighted by atomic mass is 10.0. The number of hydrogen-bond acceptors (Lipinski definition) is 5. The second kappa shape index (κ2) is 9.23. The number of benzene rings is 2. The van der Waals surface area contributed by atoms with Crippen LogP contribution in [0.25, 0.3) is 0 Å². The molecule has 1 fully saturated rings. The summed E-state index contributed by atoms with van der Waals surface area (Å²) in [4.78, 5) is 25.8. The molecule has 1 heterocycles. The van der Waals surface area contributed by atoms with Crippen LogP contribution in [0.3, 0.4) is 0 Å². The second-order valence-corrected chi connectivity index (χ2v) is 9.37. The second-order valence-electron chi connectivity index (χ2n) is 6.80. The molecule has 0 aliphatic carbocycles. The highest BCUT2D eigenvalue weighted by Gasteiger charge is 2.28. The zero-order chi connectivity index (χ0) is 21.9. The summed E-state index contributed by atoms with van der Waals surface area (Å²) in [6.07, 6.45) is 0.777. The molecule has 0 saturated carbocycles. The van der Waals surface area contributed by atoms with Gasteiger partial charge in [-0.2, -0.15) is 0 Å². The van der Waals surface area contributed by atoms with Crippen LogP contribution >= 0.6 is 15.9 Å². The van der Waals surface area contributed by atoms with Gasteiger partial charge in [-0.3, -0.25) is 4.79 Å². The summed E-state index contributed by atoms with van der Waals surface area (Å²) in [6.45, 7) is 0.599. The third-order valence-electron chi connectivity index (χ3n) is 4.86. The minimum absolute atomic E-state index is 0.00160. The molecule has 2 aromatic carbocycles. The van der Waals surface area contributed by atoms with Gasteiger partial charge in [0.05, 0.1) is 23.1 Å². The van der Waals surface area contributed by atoms with Crippen molar-refractivity contribution in [2.75, 3.05) is 20.2 Å². The van der Waals surface area contributed by atoms with Gasteiger partial charge < -0.3 is 9.64 Å². The van der Waals surface area contributed by atoms with E-state index in [9.17, 15) is 22.4 Å². The fraction of sp³-hybridized carbons (Fsp3) is 0.300. The number of hydrogen-bond donors (Lipinski definition) is 1. The van der Waals surface area contributed by atoms with Crippen LogP contribution in [0.4, 0.5) is 4.39 Å². The van der Waals surface area contributed by atoms with E-state index in [0.717, 1.165) is 0 Å². The van der Waals surface area contributed by atoms with Crippen molar-refractivity contribution in [2.24, 2.45) is 0 Å². The van der Waals surface area contributed by atoms with E-state index >= 15 is 0 Å². The predicted molar refractivity (Wildman–Crippen MR) is 111 cm³/mol. The number of nitrogens with zero attached hydrogens (tertiary/aromatic N) is 1. The molecule has 160 valence electrons. The molecule has 1 aliphatic heterocycles. The molecule has 2 aromatic rings. The van der Waals surface area contributed by atoms with Gasteiger partial charge in [0.15, 0.2) is 0 Å². The molecule has 10 heteroatoms. The Labute approximate surface area is 182 Å². The van der Waals surface area contributed by atoms with Crippen LogP contribution in [0, 0.1) is 5.82 Å². The van der Waals surface area contributed by atoms with Gasteiger partial charge in [0.2, 0.25) is 10.0 Å². The maximum absolute atomic E-state index is 13.8. The fourth-order valence-corrected chi connectivity index (χ4v) is 4.97. The molecule has 0 aromatic heterocycles. The van der Waals surface area contributed by atoms with Gasteiger partial charge in [-0.15, -0.1) is 0 Å². The van der Waals surface area contributed by atoms with E-state index in [2.05, 4.69) is 25.4 Å². The average molecular weight is 499 g/mol. The lowest BCUT2D eigenvalue weighted by molar-refractivity contribution is 0.0599. The Balaban J connectivity index is 1.66. The van der Waals surface area contributed by atoms with Crippen LogP contribution in [-0.4, -0.2) is 51.4 Å². The Hall–Kier alpha value is -2.30. The van der Waals surface area contributed by atoms with Crippen molar-refractivity contribution >= 4 is 37.8 Å². The molecule has 3 rings (SSSR count). The van der Waals surface area contributed by atoms with Gasteiger partial charge in [0, 0.05) is 23.6 Å². The van der Waals surface area contributed by atoms with Crippen LogP contribution in [0.2, 0.25) is 0 Å². The summed E-state index contributed by atoms with van der Waals surface area (Å²) in [5.41, 5.74) is 0.104. The van der Waals surface area contributed by atoms with Crippen molar-refractivity contribution < 1.29 is 27.1 Å². The summed E-state index contributed by atoms with van der Waals surface area (Å²) in [5.74, 6) is -1.65. The van der Waals surface area contributed by atoms with Crippen LogP contribution < -0.4 is 4.72 Å². The van der Waals surface area contributed by atoms with Crippen molar-refractivity contribution in [3.05, 3.63) is 63.9 Å². The smallest absolute Gasteiger partial charge is 0.339 e. The van der Waals surface area contributed by atoms with Crippen molar-refractivity contribution in [1.82, 2.24) is 9.62 Å². The first kappa shape index (κ1) is 22.4. The Morgan fingerprint density at radius 1 is 1.13 bits per heavy atom. The molecule has 0 atom stereocenters. The molecule has 0 unspecified atom stereocenters. The number of sulfonamides is 1. The first-order valence-electron chi connectivity index (χ1n) is 9.17. The predicted octanol–water partition coefficient (Wildman–Crippen LogP) is 2.96. The van der Waals surface area contributed by atoms with Crippen molar-refractivity contribution in [1.29, 1.82) is 0 Å². The SMILES string of the molecule is COC(=O)c1cc(S(=O)(=O)NC2CCN(C(=O)c3ccccc3F)CC2)ccc1Br. The van der Waals surface area contributed by atoms with Crippen LogP contribution in [0.1, 0.15) is 33.6 Å². The summed E-state index contributed by atoms with van der Waals surface area (Å²) in [6, 6.07) is 9.48. The maximum atomic E-state index is 13.8. The van der Waals surface area contributed by atoms with Gasteiger partial charge in [-0.05, 0) is 59.1 Å². The highest BCUT2D eigenvalue weighted by molar-refractivity contribution is 9.10. The largest absolute Gasteiger partial charge is 0.465 e. The number of carbonyl (C=O) groups is 2. The summed E-state index contributed by atoms with van der Waals surface area (Å²) in [7, 11) is -2.67. The van der Waals surface area contributed by atoms with Crippen LogP contribution in [0.5, 0.6) is 0 Å². The van der Waals surface area contributed by atoms with E-state index in [1.807, 2.05) is 0 Å². The van der Waals surface area contributed by atoms with E-state index in [1.165, 1.54) is 48.4 Å². The molecular weight excluding hydrogens is 479 g/mol. The number of likely N-dealkylation sites (tertiary alicyclic amines) is 1. The van der Waals surface area contributed by atoms with Crippen molar-refractivity contribution in [3.8, 4) is 0 Å². The van der Waals surface area contributed by atoms with E-state index in [1.54, 1.807) is 6.07 Å². The quantitative estimate of drug-likeness (QED) is 0.639. The van der Waals surface area contributed by atoms with Gasteiger partial charge in [-0.25, -0.2) is 22.3 Å². The lowest BCUT2D eigenvalue weighted by Crippen LogP contribution is -2.46. The Morgan fingerprint density at radius 3 is 2.43 bits per heavy atom.